The van der Waals surface area contributed by atoms with Gasteiger partial charge in [0.1, 0.15) is 0 Å². The van der Waals surface area contributed by atoms with E-state index in [0.29, 0.717) is 5.88 Å². The summed E-state index contributed by atoms with van der Waals surface area (Å²) < 4.78 is 5.36. The summed E-state index contributed by atoms with van der Waals surface area (Å²) in [6, 6.07) is 7.85. The van der Waals surface area contributed by atoms with E-state index in [4.69, 9.17) is 4.74 Å². The summed E-state index contributed by atoms with van der Waals surface area (Å²) in [6.07, 6.45) is 2.04. The van der Waals surface area contributed by atoms with Crippen molar-refractivity contribution in [1.29, 1.82) is 0 Å². The van der Waals surface area contributed by atoms with Crippen LogP contribution >= 0.6 is 0 Å². The van der Waals surface area contributed by atoms with Gasteiger partial charge in [0.05, 0.1) is 30.8 Å². The molecule has 1 atom stereocenters. The second-order valence-corrected chi connectivity index (χ2v) is 4.72. The van der Waals surface area contributed by atoms with E-state index in [1.165, 1.54) is 0 Å². The van der Waals surface area contributed by atoms with E-state index in [1.807, 2.05) is 24.3 Å². The Hall–Kier alpha value is -1.88. The fourth-order valence-corrected chi connectivity index (χ4v) is 2.60. The highest BCUT2D eigenvalue weighted by atomic mass is 16.5. The van der Waals surface area contributed by atoms with Crippen molar-refractivity contribution < 1.29 is 9.84 Å². The Morgan fingerprint density at radius 3 is 2.74 bits per heavy atom. The number of para-hydroxylation sites is 2. The molecule has 1 N–H and O–H groups in total. The van der Waals surface area contributed by atoms with Crippen LogP contribution in [0.3, 0.4) is 0 Å². The molecule has 5 heteroatoms. The number of anilines is 1. The number of ether oxygens (including phenoxy) is 1. The van der Waals surface area contributed by atoms with E-state index < -0.39 is 0 Å². The number of hydrogen-bond acceptors (Lipinski definition) is 5. The van der Waals surface area contributed by atoms with Gasteiger partial charge in [0, 0.05) is 6.54 Å². The van der Waals surface area contributed by atoms with Gasteiger partial charge in [-0.1, -0.05) is 12.1 Å². The van der Waals surface area contributed by atoms with E-state index in [2.05, 4.69) is 14.9 Å². The van der Waals surface area contributed by atoms with Crippen molar-refractivity contribution in [2.45, 2.75) is 18.9 Å². The molecule has 19 heavy (non-hydrogen) atoms. The lowest BCUT2D eigenvalue weighted by Gasteiger charge is -2.25. The molecular formula is C14H17N3O2. The third-order valence-corrected chi connectivity index (χ3v) is 3.57. The molecule has 1 aliphatic rings. The fourth-order valence-electron chi connectivity index (χ4n) is 2.60. The largest absolute Gasteiger partial charge is 0.478 e. The van der Waals surface area contributed by atoms with Crippen molar-refractivity contribution in [3.05, 3.63) is 24.3 Å². The van der Waals surface area contributed by atoms with Gasteiger partial charge in [-0.25, -0.2) is 9.97 Å². The summed E-state index contributed by atoms with van der Waals surface area (Å²) in [4.78, 5) is 11.2. The van der Waals surface area contributed by atoms with Crippen molar-refractivity contribution in [1.82, 2.24) is 9.97 Å². The molecule has 1 aromatic heterocycles. The number of aromatic nitrogens is 2. The van der Waals surface area contributed by atoms with Gasteiger partial charge < -0.3 is 14.7 Å². The Kier molecular flexibility index (Phi) is 3.21. The number of hydrogen-bond donors (Lipinski definition) is 1. The number of aliphatic hydroxyl groups excluding tert-OH is 1. The summed E-state index contributed by atoms with van der Waals surface area (Å²) in [5, 5.41) is 9.44. The minimum Gasteiger partial charge on any atom is -0.478 e. The van der Waals surface area contributed by atoms with Crippen LogP contribution in [0.2, 0.25) is 0 Å². The molecule has 100 valence electrons. The average Bonchev–Trinajstić information content (AvgIpc) is 2.94. The van der Waals surface area contributed by atoms with Gasteiger partial charge in [-0.05, 0) is 25.0 Å². The normalized spacial score (nSPS) is 19.1. The number of nitrogens with zero attached hydrogens (tertiary/aromatic N) is 3. The number of rotatable bonds is 3. The van der Waals surface area contributed by atoms with Crippen molar-refractivity contribution in [3.8, 4) is 5.88 Å². The van der Waals surface area contributed by atoms with Crippen LogP contribution in [0.5, 0.6) is 5.88 Å². The molecule has 2 aromatic rings. The van der Waals surface area contributed by atoms with Gasteiger partial charge in [0.2, 0.25) is 0 Å². The van der Waals surface area contributed by atoms with E-state index in [9.17, 15) is 5.11 Å². The first-order valence-corrected chi connectivity index (χ1v) is 6.51. The lowest BCUT2D eigenvalue weighted by atomic mass is 10.2. The highest BCUT2D eigenvalue weighted by molar-refractivity contribution is 5.77. The maximum absolute atomic E-state index is 9.44. The summed E-state index contributed by atoms with van der Waals surface area (Å²) in [7, 11) is 1.60. The SMILES string of the molecule is COc1nc2ccccc2nc1N1CCCC1CO. The van der Waals surface area contributed by atoms with E-state index in [1.54, 1.807) is 7.11 Å². The zero-order valence-corrected chi connectivity index (χ0v) is 10.9. The molecule has 0 radical (unpaired) electrons. The van der Waals surface area contributed by atoms with Crippen LogP contribution in [-0.2, 0) is 0 Å². The van der Waals surface area contributed by atoms with Crippen LogP contribution in [-0.4, -0.2) is 41.4 Å². The fraction of sp³-hybridized carbons (Fsp3) is 0.429. The Bertz CT molecular complexity index is 588. The monoisotopic (exact) mass is 259 g/mol. The highest BCUT2D eigenvalue weighted by Gasteiger charge is 2.28. The number of aliphatic hydroxyl groups is 1. The molecule has 1 aromatic carbocycles. The Labute approximate surface area is 111 Å². The highest BCUT2D eigenvalue weighted by Crippen LogP contribution is 2.31. The topological polar surface area (TPSA) is 58.5 Å². The lowest BCUT2D eigenvalue weighted by Crippen LogP contribution is -2.33. The molecule has 0 amide bonds. The second kappa shape index (κ2) is 5.01. The Morgan fingerprint density at radius 2 is 2.05 bits per heavy atom. The summed E-state index contributed by atoms with van der Waals surface area (Å²) in [6.45, 7) is 1.02. The molecule has 2 heterocycles. The molecule has 0 saturated carbocycles. The minimum atomic E-state index is 0.115. The molecule has 5 nitrogen and oxygen atoms in total. The lowest BCUT2D eigenvalue weighted by molar-refractivity contribution is 0.265. The number of fused-ring (bicyclic) bond motifs is 1. The maximum Gasteiger partial charge on any atom is 0.257 e. The van der Waals surface area contributed by atoms with Crippen LogP contribution in [0.1, 0.15) is 12.8 Å². The van der Waals surface area contributed by atoms with Crippen molar-refractivity contribution in [2.75, 3.05) is 25.2 Å². The van der Waals surface area contributed by atoms with Crippen LogP contribution in [0.15, 0.2) is 24.3 Å². The van der Waals surface area contributed by atoms with Crippen LogP contribution < -0.4 is 9.64 Å². The molecule has 0 aliphatic carbocycles. The minimum absolute atomic E-state index is 0.115. The third kappa shape index (κ3) is 2.10. The maximum atomic E-state index is 9.44. The summed E-state index contributed by atoms with van der Waals surface area (Å²) >= 11 is 0. The zero-order chi connectivity index (χ0) is 13.2. The standard InChI is InChI=1S/C14H17N3O2/c1-19-14-13(17-8-4-5-10(17)9-18)15-11-6-2-3-7-12(11)16-14/h2-3,6-7,10,18H,4-5,8-9H2,1H3. The van der Waals surface area contributed by atoms with Crippen molar-refractivity contribution in [3.63, 3.8) is 0 Å². The molecule has 0 spiro atoms. The molecule has 1 unspecified atom stereocenters. The molecule has 1 fully saturated rings. The van der Waals surface area contributed by atoms with Gasteiger partial charge in [-0.15, -0.1) is 0 Å². The first-order valence-electron chi connectivity index (χ1n) is 6.51. The molecular weight excluding hydrogens is 242 g/mol. The summed E-state index contributed by atoms with van der Waals surface area (Å²) in [5.74, 6) is 1.26. The number of benzene rings is 1. The Morgan fingerprint density at radius 1 is 1.32 bits per heavy atom. The Balaban J connectivity index is 2.10. The van der Waals surface area contributed by atoms with Gasteiger partial charge >= 0.3 is 0 Å². The predicted molar refractivity (Wildman–Crippen MR) is 73.5 cm³/mol. The quantitative estimate of drug-likeness (QED) is 0.907. The van der Waals surface area contributed by atoms with Gasteiger partial charge in [-0.3, -0.25) is 0 Å². The molecule has 3 rings (SSSR count). The van der Waals surface area contributed by atoms with Crippen LogP contribution in [0.25, 0.3) is 11.0 Å². The molecule has 1 saturated heterocycles. The molecule has 0 bridgehead atoms. The van der Waals surface area contributed by atoms with Crippen LogP contribution in [0, 0.1) is 0 Å². The van der Waals surface area contributed by atoms with Crippen molar-refractivity contribution in [2.24, 2.45) is 0 Å². The van der Waals surface area contributed by atoms with Gasteiger partial charge in [0.25, 0.3) is 5.88 Å². The van der Waals surface area contributed by atoms with Gasteiger partial charge in [0.15, 0.2) is 5.82 Å². The van der Waals surface area contributed by atoms with E-state index in [-0.39, 0.29) is 12.6 Å². The second-order valence-electron chi connectivity index (χ2n) is 4.72. The summed E-state index contributed by atoms with van der Waals surface area (Å²) in [5.41, 5.74) is 1.67. The zero-order valence-electron chi connectivity index (χ0n) is 10.9. The number of methoxy groups -OCH3 is 1. The third-order valence-electron chi connectivity index (χ3n) is 3.57. The van der Waals surface area contributed by atoms with Gasteiger partial charge in [-0.2, -0.15) is 0 Å². The van der Waals surface area contributed by atoms with E-state index in [0.717, 1.165) is 36.2 Å². The predicted octanol–water partition coefficient (Wildman–Crippen LogP) is 1.60. The van der Waals surface area contributed by atoms with E-state index >= 15 is 0 Å². The molecule has 1 aliphatic heterocycles. The first-order chi connectivity index (χ1) is 9.33. The van der Waals surface area contributed by atoms with Crippen molar-refractivity contribution >= 4 is 16.9 Å². The average molecular weight is 259 g/mol. The van der Waals surface area contributed by atoms with Crippen LogP contribution in [0.4, 0.5) is 5.82 Å². The first kappa shape index (κ1) is 12.2. The smallest absolute Gasteiger partial charge is 0.257 e.